The highest BCUT2D eigenvalue weighted by Crippen LogP contribution is 2.27. The molecule has 1 fully saturated rings. The fourth-order valence-corrected chi connectivity index (χ4v) is 2.31. The van der Waals surface area contributed by atoms with Crippen LogP contribution in [0.4, 0.5) is 0 Å². The van der Waals surface area contributed by atoms with E-state index in [9.17, 15) is 9.00 Å². The van der Waals surface area contributed by atoms with Gasteiger partial charge in [0.25, 0.3) is 0 Å². The van der Waals surface area contributed by atoms with Crippen molar-refractivity contribution in [2.75, 3.05) is 18.8 Å². The highest BCUT2D eigenvalue weighted by Gasteiger charge is 2.22. The molecule has 0 saturated heterocycles. The minimum atomic E-state index is -1.08. The van der Waals surface area contributed by atoms with E-state index >= 15 is 0 Å². The van der Waals surface area contributed by atoms with Crippen molar-refractivity contribution in [3.05, 3.63) is 0 Å². The third-order valence-electron chi connectivity index (χ3n) is 2.58. The Hall–Kier alpha value is -0.420. The van der Waals surface area contributed by atoms with Gasteiger partial charge in [-0.25, -0.2) is 0 Å². The highest BCUT2D eigenvalue weighted by atomic mass is 32.2. The fourth-order valence-electron chi connectivity index (χ4n) is 1.27. The minimum absolute atomic E-state index is 0.0154. The third kappa shape index (κ3) is 5.28. The van der Waals surface area contributed by atoms with Gasteiger partial charge in [-0.2, -0.15) is 0 Å². The molecule has 2 atom stereocenters. The Balaban J connectivity index is 2.14. The van der Waals surface area contributed by atoms with Crippen LogP contribution in [-0.4, -0.2) is 34.2 Å². The lowest BCUT2D eigenvalue weighted by atomic mass is 10.3. The predicted octanol–water partition coefficient (Wildman–Crippen LogP) is -0.00140. The summed E-state index contributed by atoms with van der Waals surface area (Å²) in [6.45, 7) is 3.15. The van der Waals surface area contributed by atoms with Gasteiger partial charge >= 0.3 is 0 Å². The van der Waals surface area contributed by atoms with Crippen LogP contribution in [0.2, 0.25) is 0 Å². The van der Waals surface area contributed by atoms with Gasteiger partial charge in [0.2, 0.25) is 5.91 Å². The van der Waals surface area contributed by atoms with Crippen molar-refractivity contribution >= 4 is 16.7 Å². The quantitative estimate of drug-likeness (QED) is 0.649. The molecule has 4 nitrogen and oxygen atoms in total. The number of carbonyl (C=O) groups excluding carboxylic acids is 1. The molecule has 3 N–H and O–H groups in total. The molecular formula is C10H20N2O2S. The summed E-state index contributed by atoms with van der Waals surface area (Å²) in [5.41, 5.74) is 5.37. The van der Waals surface area contributed by atoms with E-state index in [1.54, 1.807) is 0 Å². The van der Waals surface area contributed by atoms with Gasteiger partial charge in [-0.1, -0.05) is 6.92 Å². The number of amides is 1. The molecule has 0 aromatic heterocycles. The highest BCUT2D eigenvalue weighted by molar-refractivity contribution is 7.86. The Labute approximate surface area is 93.4 Å². The fraction of sp³-hybridized carbons (Fsp3) is 0.900. The largest absolute Gasteiger partial charge is 0.355 e. The van der Waals surface area contributed by atoms with Crippen molar-refractivity contribution in [2.24, 2.45) is 11.7 Å². The second-order valence-electron chi connectivity index (χ2n) is 4.16. The predicted molar refractivity (Wildman–Crippen MR) is 61.9 cm³/mol. The topological polar surface area (TPSA) is 72.2 Å². The molecule has 0 aromatic rings. The van der Waals surface area contributed by atoms with E-state index in [1.165, 1.54) is 12.8 Å². The number of nitrogens with two attached hydrogens (primary N) is 1. The monoisotopic (exact) mass is 232 g/mol. The first-order chi connectivity index (χ1) is 7.13. The summed E-state index contributed by atoms with van der Waals surface area (Å²) in [5, 5.41) is 2.82. The van der Waals surface area contributed by atoms with E-state index in [4.69, 9.17) is 5.73 Å². The molecule has 15 heavy (non-hydrogen) atoms. The zero-order valence-corrected chi connectivity index (χ0v) is 10.0. The van der Waals surface area contributed by atoms with E-state index in [2.05, 4.69) is 5.32 Å². The normalized spacial score (nSPS) is 19.6. The van der Waals surface area contributed by atoms with Crippen molar-refractivity contribution in [3.8, 4) is 0 Å². The maximum absolute atomic E-state index is 11.6. The molecule has 0 radical (unpaired) electrons. The second kappa shape index (κ2) is 6.23. The summed E-state index contributed by atoms with van der Waals surface area (Å²) < 4.78 is 11.6. The second-order valence-corrected chi connectivity index (χ2v) is 6.02. The molecule has 0 bridgehead atoms. The van der Waals surface area contributed by atoms with Gasteiger partial charge in [0.1, 0.15) is 5.75 Å². The molecule has 0 aliphatic heterocycles. The summed E-state index contributed by atoms with van der Waals surface area (Å²) >= 11 is 0. The summed E-state index contributed by atoms with van der Waals surface area (Å²) in [7, 11) is -1.08. The van der Waals surface area contributed by atoms with E-state index < -0.39 is 10.8 Å². The first-order valence-electron chi connectivity index (χ1n) is 5.47. The van der Waals surface area contributed by atoms with E-state index in [-0.39, 0.29) is 16.9 Å². The number of hydrogen-bond donors (Lipinski definition) is 2. The zero-order chi connectivity index (χ0) is 11.3. The van der Waals surface area contributed by atoms with Crippen LogP contribution < -0.4 is 11.1 Å². The van der Waals surface area contributed by atoms with Gasteiger partial charge in [-0.3, -0.25) is 9.00 Å². The van der Waals surface area contributed by atoms with Gasteiger partial charge < -0.3 is 11.1 Å². The SMILES string of the molecule is CC(CCN)S(=O)CC(=O)NCC1CC1. The van der Waals surface area contributed by atoms with Crippen LogP contribution in [0.3, 0.4) is 0 Å². The summed E-state index contributed by atoms with van der Waals surface area (Å²) in [4.78, 5) is 11.4. The Bertz CT molecular complexity index is 242. The molecule has 0 aromatic carbocycles. The average Bonchev–Trinajstić information content (AvgIpc) is 2.98. The molecule has 88 valence electrons. The Morgan fingerprint density at radius 2 is 2.27 bits per heavy atom. The Morgan fingerprint density at radius 3 is 2.80 bits per heavy atom. The van der Waals surface area contributed by atoms with Gasteiger partial charge in [-0.05, 0) is 31.7 Å². The van der Waals surface area contributed by atoms with Crippen LogP contribution in [0.5, 0.6) is 0 Å². The lowest BCUT2D eigenvalue weighted by Gasteiger charge is -2.09. The van der Waals surface area contributed by atoms with Crippen molar-refractivity contribution in [1.29, 1.82) is 0 Å². The molecule has 1 aliphatic rings. The van der Waals surface area contributed by atoms with Crippen molar-refractivity contribution in [2.45, 2.75) is 31.4 Å². The van der Waals surface area contributed by atoms with Gasteiger partial charge in [0.15, 0.2) is 0 Å². The maximum Gasteiger partial charge on any atom is 0.232 e. The van der Waals surface area contributed by atoms with Gasteiger partial charge in [0.05, 0.1) is 0 Å². The van der Waals surface area contributed by atoms with Crippen molar-refractivity contribution in [1.82, 2.24) is 5.32 Å². The smallest absolute Gasteiger partial charge is 0.232 e. The lowest BCUT2D eigenvalue weighted by Crippen LogP contribution is -2.32. The summed E-state index contributed by atoms with van der Waals surface area (Å²) in [6, 6.07) is 0. The molecule has 2 unspecified atom stereocenters. The summed E-state index contributed by atoms with van der Waals surface area (Å²) in [6.07, 6.45) is 3.14. The number of nitrogens with one attached hydrogen (secondary N) is 1. The van der Waals surface area contributed by atoms with Crippen LogP contribution in [0.25, 0.3) is 0 Å². The Kier molecular flexibility index (Phi) is 5.25. The molecule has 1 saturated carbocycles. The third-order valence-corrected chi connectivity index (χ3v) is 4.26. The van der Waals surface area contributed by atoms with Crippen LogP contribution in [0.15, 0.2) is 0 Å². The van der Waals surface area contributed by atoms with Gasteiger partial charge in [-0.15, -0.1) is 0 Å². The zero-order valence-electron chi connectivity index (χ0n) is 9.20. The maximum atomic E-state index is 11.6. The van der Waals surface area contributed by atoms with Crippen LogP contribution in [0, 0.1) is 5.92 Å². The molecule has 5 heteroatoms. The van der Waals surface area contributed by atoms with E-state index in [0.717, 1.165) is 6.54 Å². The number of rotatable bonds is 7. The molecule has 1 aliphatic carbocycles. The van der Waals surface area contributed by atoms with Crippen LogP contribution in [-0.2, 0) is 15.6 Å². The first-order valence-corrected chi connectivity index (χ1v) is 6.85. The molecule has 1 rings (SSSR count). The van der Waals surface area contributed by atoms with Crippen molar-refractivity contribution < 1.29 is 9.00 Å². The molecule has 0 spiro atoms. The molecule has 1 amide bonds. The van der Waals surface area contributed by atoms with Crippen LogP contribution in [0.1, 0.15) is 26.2 Å². The molecule has 0 heterocycles. The lowest BCUT2D eigenvalue weighted by molar-refractivity contribution is -0.118. The van der Waals surface area contributed by atoms with Gasteiger partial charge in [0, 0.05) is 22.6 Å². The van der Waals surface area contributed by atoms with Crippen molar-refractivity contribution in [3.63, 3.8) is 0 Å². The number of carbonyl (C=O) groups is 1. The first kappa shape index (κ1) is 12.6. The van der Waals surface area contributed by atoms with E-state index in [1.807, 2.05) is 6.92 Å². The Morgan fingerprint density at radius 1 is 1.60 bits per heavy atom. The van der Waals surface area contributed by atoms with Crippen LogP contribution >= 0.6 is 0 Å². The minimum Gasteiger partial charge on any atom is -0.355 e. The summed E-state index contributed by atoms with van der Waals surface area (Å²) in [5.74, 6) is 0.696. The number of hydrogen-bond acceptors (Lipinski definition) is 3. The average molecular weight is 232 g/mol. The van der Waals surface area contributed by atoms with E-state index in [0.29, 0.717) is 18.9 Å². The standard InChI is InChI=1S/C10H20N2O2S/c1-8(4-5-11)15(14)7-10(13)12-6-9-2-3-9/h8-9H,2-7,11H2,1H3,(H,12,13). The molecular weight excluding hydrogens is 212 g/mol.